The van der Waals surface area contributed by atoms with Crippen molar-refractivity contribution >= 4 is 33.3 Å². The van der Waals surface area contributed by atoms with Gasteiger partial charge in [-0.2, -0.15) is 4.98 Å². The minimum absolute atomic E-state index is 0.474. The number of anilines is 2. The van der Waals surface area contributed by atoms with Crippen LogP contribution >= 0.6 is 11.3 Å². The Balaban J connectivity index is 2.49. The van der Waals surface area contributed by atoms with Crippen LogP contribution in [0.25, 0.3) is 10.2 Å². The number of nitrogen functional groups attached to an aromatic ring is 1. The summed E-state index contributed by atoms with van der Waals surface area (Å²) in [5.41, 5.74) is 2.54. The first-order chi connectivity index (χ1) is 8.65. The lowest BCUT2D eigenvalue weighted by Crippen LogP contribution is -2.28. The maximum Gasteiger partial charge on any atom is 0.240 e. The van der Waals surface area contributed by atoms with Crippen LogP contribution in [0.4, 0.5) is 11.8 Å². The van der Waals surface area contributed by atoms with Gasteiger partial charge < -0.3 is 4.90 Å². The minimum atomic E-state index is 0.474. The molecule has 2 heterocycles. The zero-order valence-corrected chi connectivity index (χ0v) is 11.8. The number of nitrogens with one attached hydrogen (secondary N) is 1. The van der Waals surface area contributed by atoms with E-state index in [4.69, 9.17) is 5.84 Å². The van der Waals surface area contributed by atoms with E-state index < -0.39 is 0 Å². The Labute approximate surface area is 111 Å². The van der Waals surface area contributed by atoms with Crippen LogP contribution in [0.2, 0.25) is 0 Å². The van der Waals surface area contributed by atoms with Crippen molar-refractivity contribution in [3.63, 3.8) is 0 Å². The highest BCUT2D eigenvalue weighted by molar-refractivity contribution is 7.16. The normalized spacial score (nSPS) is 11.2. The van der Waals surface area contributed by atoms with Crippen molar-refractivity contribution < 1.29 is 0 Å². The lowest BCUT2D eigenvalue weighted by Gasteiger charge is -2.24. The van der Waals surface area contributed by atoms with E-state index in [0.717, 1.165) is 29.1 Å². The Morgan fingerprint density at radius 1 is 1.44 bits per heavy atom. The summed E-state index contributed by atoms with van der Waals surface area (Å²) in [5, 5.41) is 3.13. The summed E-state index contributed by atoms with van der Waals surface area (Å²) in [6.45, 7) is 8.44. The summed E-state index contributed by atoms with van der Waals surface area (Å²) < 4.78 is 0. The quantitative estimate of drug-likeness (QED) is 0.642. The van der Waals surface area contributed by atoms with E-state index >= 15 is 0 Å². The second-order valence-corrected chi connectivity index (χ2v) is 5.48. The first-order valence-corrected chi connectivity index (χ1v) is 7.00. The number of hydrogen-bond acceptors (Lipinski definition) is 6. The Bertz CT molecular complexity index is 522. The van der Waals surface area contributed by atoms with Gasteiger partial charge in [-0.1, -0.05) is 13.8 Å². The second kappa shape index (κ2) is 5.49. The SMILES string of the molecule is CCN(CC(C)C)c1nc(NN)nc2sccc12. The molecule has 3 N–H and O–H groups in total. The summed E-state index contributed by atoms with van der Waals surface area (Å²) in [6.07, 6.45) is 0. The first-order valence-electron chi connectivity index (χ1n) is 6.12. The molecule has 2 rings (SSSR count). The number of nitrogens with two attached hydrogens (primary N) is 1. The molecule has 18 heavy (non-hydrogen) atoms. The van der Waals surface area contributed by atoms with Crippen molar-refractivity contribution in [3.05, 3.63) is 11.4 Å². The third-order valence-electron chi connectivity index (χ3n) is 2.70. The predicted octanol–water partition coefficient (Wildman–Crippen LogP) is 2.46. The van der Waals surface area contributed by atoms with Crippen molar-refractivity contribution in [1.82, 2.24) is 9.97 Å². The average Bonchev–Trinajstić information content (AvgIpc) is 2.82. The van der Waals surface area contributed by atoms with Crippen LogP contribution < -0.4 is 16.2 Å². The van der Waals surface area contributed by atoms with Crippen LogP contribution in [0, 0.1) is 5.92 Å². The highest BCUT2D eigenvalue weighted by Crippen LogP contribution is 2.29. The molecular formula is C12H19N5S. The van der Waals surface area contributed by atoms with E-state index in [-0.39, 0.29) is 0 Å². The fourth-order valence-corrected chi connectivity index (χ4v) is 2.71. The van der Waals surface area contributed by atoms with Gasteiger partial charge in [-0.3, -0.25) is 5.43 Å². The minimum Gasteiger partial charge on any atom is -0.356 e. The molecule has 2 aromatic heterocycles. The van der Waals surface area contributed by atoms with E-state index in [9.17, 15) is 0 Å². The molecule has 0 bridgehead atoms. The smallest absolute Gasteiger partial charge is 0.240 e. The van der Waals surface area contributed by atoms with E-state index in [1.54, 1.807) is 11.3 Å². The molecule has 0 unspecified atom stereocenters. The number of hydrogen-bond donors (Lipinski definition) is 2. The summed E-state index contributed by atoms with van der Waals surface area (Å²) in [5.74, 6) is 7.46. The molecule has 98 valence electrons. The Kier molecular flexibility index (Phi) is 3.98. The van der Waals surface area contributed by atoms with Crippen LogP contribution in [0.3, 0.4) is 0 Å². The fourth-order valence-electron chi connectivity index (χ4n) is 1.95. The average molecular weight is 265 g/mol. The van der Waals surface area contributed by atoms with Gasteiger partial charge in [-0.05, 0) is 24.3 Å². The monoisotopic (exact) mass is 265 g/mol. The first kappa shape index (κ1) is 13.0. The van der Waals surface area contributed by atoms with Crippen molar-refractivity contribution in [3.8, 4) is 0 Å². The van der Waals surface area contributed by atoms with Crippen LogP contribution in [0.15, 0.2) is 11.4 Å². The van der Waals surface area contributed by atoms with Crippen LogP contribution in [0.1, 0.15) is 20.8 Å². The van der Waals surface area contributed by atoms with Gasteiger partial charge in [0.2, 0.25) is 5.95 Å². The van der Waals surface area contributed by atoms with Crippen LogP contribution in [-0.2, 0) is 0 Å². The van der Waals surface area contributed by atoms with E-state index in [1.807, 2.05) is 5.38 Å². The molecule has 2 aromatic rings. The molecule has 0 aliphatic heterocycles. The van der Waals surface area contributed by atoms with Crippen molar-refractivity contribution in [1.29, 1.82) is 0 Å². The maximum atomic E-state index is 5.43. The van der Waals surface area contributed by atoms with Crippen molar-refractivity contribution in [2.45, 2.75) is 20.8 Å². The number of hydrazine groups is 1. The molecule has 0 aliphatic carbocycles. The third kappa shape index (κ3) is 2.54. The summed E-state index contributed by atoms with van der Waals surface area (Å²) >= 11 is 1.60. The third-order valence-corrected chi connectivity index (χ3v) is 3.51. The molecule has 0 atom stereocenters. The van der Waals surface area contributed by atoms with Gasteiger partial charge in [-0.25, -0.2) is 10.8 Å². The molecule has 5 nitrogen and oxygen atoms in total. The number of thiophene rings is 1. The number of aromatic nitrogens is 2. The summed E-state index contributed by atoms with van der Waals surface area (Å²) in [4.78, 5) is 12.1. The Hall–Kier alpha value is -1.40. The largest absolute Gasteiger partial charge is 0.356 e. The maximum absolute atomic E-state index is 5.43. The topological polar surface area (TPSA) is 67.1 Å². The lowest BCUT2D eigenvalue weighted by atomic mass is 10.2. The Morgan fingerprint density at radius 2 is 2.22 bits per heavy atom. The van der Waals surface area contributed by atoms with Gasteiger partial charge in [-0.15, -0.1) is 11.3 Å². The van der Waals surface area contributed by atoms with Gasteiger partial charge in [0.1, 0.15) is 10.6 Å². The molecule has 0 fully saturated rings. The van der Waals surface area contributed by atoms with Gasteiger partial charge in [0, 0.05) is 13.1 Å². The van der Waals surface area contributed by atoms with Crippen LogP contribution in [0.5, 0.6) is 0 Å². The van der Waals surface area contributed by atoms with Gasteiger partial charge in [0.05, 0.1) is 5.39 Å². The predicted molar refractivity (Wildman–Crippen MR) is 78.0 cm³/mol. The van der Waals surface area contributed by atoms with Gasteiger partial charge in [0.25, 0.3) is 0 Å². The van der Waals surface area contributed by atoms with Crippen LogP contribution in [-0.4, -0.2) is 23.1 Å². The molecule has 0 amide bonds. The summed E-state index contributed by atoms with van der Waals surface area (Å²) in [6, 6.07) is 2.07. The molecule has 0 aromatic carbocycles. The molecule has 6 heteroatoms. The molecule has 0 saturated carbocycles. The number of nitrogens with zero attached hydrogens (tertiary/aromatic N) is 3. The molecule has 0 spiro atoms. The Morgan fingerprint density at radius 3 is 2.83 bits per heavy atom. The summed E-state index contributed by atoms with van der Waals surface area (Å²) in [7, 11) is 0. The molecule has 0 aliphatic rings. The fraction of sp³-hybridized carbons (Fsp3) is 0.500. The highest BCUT2D eigenvalue weighted by atomic mass is 32.1. The van der Waals surface area contributed by atoms with Crippen molar-refractivity contribution in [2.75, 3.05) is 23.4 Å². The number of rotatable bonds is 5. The zero-order chi connectivity index (χ0) is 13.1. The zero-order valence-electron chi connectivity index (χ0n) is 11.0. The standard InChI is InChI=1S/C12H19N5S/c1-4-17(7-8(2)3)10-9-5-6-18-11(9)15-12(14-10)16-13/h5-6,8H,4,7,13H2,1-3H3,(H,14,15,16). The van der Waals surface area contributed by atoms with E-state index in [0.29, 0.717) is 11.9 Å². The number of fused-ring (bicyclic) bond motifs is 1. The molecular weight excluding hydrogens is 246 g/mol. The molecule has 0 radical (unpaired) electrons. The molecule has 0 saturated heterocycles. The van der Waals surface area contributed by atoms with Crippen molar-refractivity contribution in [2.24, 2.45) is 11.8 Å². The second-order valence-electron chi connectivity index (χ2n) is 4.59. The van der Waals surface area contributed by atoms with E-state index in [1.165, 1.54) is 0 Å². The van der Waals surface area contributed by atoms with E-state index in [2.05, 4.69) is 47.1 Å². The van der Waals surface area contributed by atoms with Gasteiger partial charge in [0.15, 0.2) is 0 Å². The highest BCUT2D eigenvalue weighted by Gasteiger charge is 2.14. The lowest BCUT2D eigenvalue weighted by molar-refractivity contribution is 0.616. The van der Waals surface area contributed by atoms with Gasteiger partial charge >= 0.3 is 0 Å².